The van der Waals surface area contributed by atoms with Crippen LogP contribution in [0, 0.1) is 6.92 Å². The van der Waals surface area contributed by atoms with Gasteiger partial charge in [-0.3, -0.25) is 9.59 Å². The number of nitrogens with one attached hydrogen (secondary N) is 1. The summed E-state index contributed by atoms with van der Waals surface area (Å²) in [5, 5.41) is 6.93. The highest BCUT2D eigenvalue weighted by molar-refractivity contribution is 8.00. The summed E-state index contributed by atoms with van der Waals surface area (Å²) in [7, 11) is 0. The number of amides is 2. The maximum atomic E-state index is 12.4. The lowest BCUT2D eigenvalue weighted by atomic mass is 10.2. The van der Waals surface area contributed by atoms with Gasteiger partial charge in [0.1, 0.15) is 5.76 Å². The Bertz CT molecular complexity index is 769. The van der Waals surface area contributed by atoms with Crippen molar-refractivity contribution in [3.8, 4) is 0 Å². The molecule has 3 rings (SSSR count). The topological polar surface area (TPSA) is 88.3 Å². The number of aromatic nitrogens is 2. The average molecular weight is 374 g/mol. The molecule has 0 unspecified atom stereocenters. The van der Waals surface area contributed by atoms with E-state index in [4.69, 9.17) is 4.52 Å². The van der Waals surface area contributed by atoms with Crippen LogP contribution in [0.1, 0.15) is 42.3 Å². The van der Waals surface area contributed by atoms with Gasteiger partial charge >= 0.3 is 0 Å². The van der Waals surface area contributed by atoms with Gasteiger partial charge < -0.3 is 14.7 Å². The summed E-state index contributed by atoms with van der Waals surface area (Å²) < 4.78 is 4.96. The number of carbonyl (C=O) groups is 2. The van der Waals surface area contributed by atoms with Gasteiger partial charge in [0.25, 0.3) is 5.91 Å². The van der Waals surface area contributed by atoms with E-state index in [2.05, 4.69) is 15.5 Å². The maximum Gasteiger partial charge on any atom is 0.255 e. The van der Waals surface area contributed by atoms with Crippen LogP contribution in [0.2, 0.25) is 0 Å². The van der Waals surface area contributed by atoms with E-state index in [1.165, 1.54) is 11.8 Å². The van der Waals surface area contributed by atoms with Gasteiger partial charge in [-0.25, -0.2) is 4.98 Å². The number of pyridine rings is 1. The number of likely N-dealkylation sites (tertiary alicyclic amines) is 1. The summed E-state index contributed by atoms with van der Waals surface area (Å²) in [5.41, 5.74) is 0.590. The van der Waals surface area contributed by atoms with Gasteiger partial charge in [-0.15, -0.1) is 0 Å². The molecular formula is C18H22N4O3S. The van der Waals surface area contributed by atoms with Crippen LogP contribution in [0.5, 0.6) is 0 Å². The van der Waals surface area contributed by atoms with Gasteiger partial charge in [-0.05, 0) is 38.3 Å². The van der Waals surface area contributed by atoms with Crippen LogP contribution >= 0.6 is 11.8 Å². The second kappa shape index (κ2) is 8.35. The first-order valence-electron chi connectivity index (χ1n) is 8.73. The Morgan fingerprint density at radius 3 is 2.69 bits per heavy atom. The molecule has 1 fully saturated rings. The van der Waals surface area contributed by atoms with Crippen LogP contribution in [0.25, 0.3) is 0 Å². The van der Waals surface area contributed by atoms with Crippen LogP contribution in [-0.4, -0.2) is 45.2 Å². The van der Waals surface area contributed by atoms with Crippen LogP contribution in [-0.2, 0) is 4.79 Å². The standard InChI is InChI=1S/C18H22N4O3S/c1-3-14(17(23)20-15-10-12(2)25-21-15)26-16-7-6-13(11-19-16)18(24)22-8-4-5-9-22/h6-7,10-11,14H,3-5,8-9H2,1-2H3,(H,20,21,23)/t14-/m0/s1. The van der Waals surface area contributed by atoms with Crippen LogP contribution in [0.3, 0.4) is 0 Å². The van der Waals surface area contributed by atoms with Crippen molar-refractivity contribution >= 4 is 29.4 Å². The second-order valence-corrected chi connectivity index (χ2v) is 7.43. The second-order valence-electron chi connectivity index (χ2n) is 6.21. The number of hydrogen-bond acceptors (Lipinski definition) is 6. The van der Waals surface area contributed by atoms with E-state index in [1.807, 2.05) is 11.8 Å². The molecule has 3 heterocycles. The van der Waals surface area contributed by atoms with Gasteiger partial charge in [0, 0.05) is 25.4 Å². The summed E-state index contributed by atoms with van der Waals surface area (Å²) in [5.74, 6) is 0.926. The van der Waals surface area contributed by atoms with E-state index in [-0.39, 0.29) is 17.1 Å². The molecule has 1 aliphatic rings. The highest BCUT2D eigenvalue weighted by Crippen LogP contribution is 2.25. The van der Waals surface area contributed by atoms with Crippen molar-refractivity contribution in [3.63, 3.8) is 0 Å². The summed E-state index contributed by atoms with van der Waals surface area (Å²) in [4.78, 5) is 31.0. The number of anilines is 1. The van der Waals surface area contributed by atoms with Crippen LogP contribution in [0.15, 0.2) is 33.9 Å². The lowest BCUT2D eigenvalue weighted by Crippen LogP contribution is -2.27. The predicted molar refractivity (Wildman–Crippen MR) is 99.2 cm³/mol. The van der Waals surface area contributed by atoms with Crippen LogP contribution < -0.4 is 5.32 Å². The molecule has 0 saturated carbocycles. The molecule has 1 atom stereocenters. The molecule has 0 bridgehead atoms. The molecule has 8 heteroatoms. The molecule has 138 valence electrons. The molecule has 1 saturated heterocycles. The summed E-state index contributed by atoms with van der Waals surface area (Å²) >= 11 is 1.37. The Morgan fingerprint density at radius 2 is 2.12 bits per heavy atom. The Kier molecular flexibility index (Phi) is 5.92. The fourth-order valence-corrected chi connectivity index (χ4v) is 3.66. The van der Waals surface area contributed by atoms with Crippen molar-refractivity contribution in [3.05, 3.63) is 35.7 Å². The highest BCUT2D eigenvalue weighted by atomic mass is 32.2. The van der Waals surface area contributed by atoms with Crippen molar-refractivity contribution in [1.29, 1.82) is 0 Å². The Balaban J connectivity index is 1.60. The van der Waals surface area contributed by atoms with Crippen molar-refractivity contribution in [2.24, 2.45) is 0 Å². The van der Waals surface area contributed by atoms with E-state index in [9.17, 15) is 9.59 Å². The third-order valence-electron chi connectivity index (χ3n) is 4.18. The number of nitrogens with zero attached hydrogens (tertiary/aromatic N) is 3. The third kappa shape index (κ3) is 4.43. The summed E-state index contributed by atoms with van der Waals surface area (Å²) in [6.07, 6.45) is 4.36. The summed E-state index contributed by atoms with van der Waals surface area (Å²) in [6, 6.07) is 5.25. The largest absolute Gasteiger partial charge is 0.360 e. The molecule has 2 amide bonds. The molecule has 1 aliphatic heterocycles. The molecule has 0 radical (unpaired) electrons. The van der Waals surface area contributed by atoms with E-state index >= 15 is 0 Å². The number of hydrogen-bond donors (Lipinski definition) is 1. The van der Waals surface area contributed by atoms with E-state index in [1.54, 1.807) is 31.3 Å². The van der Waals surface area contributed by atoms with E-state index in [0.717, 1.165) is 25.9 Å². The molecule has 0 aliphatic carbocycles. The lowest BCUT2D eigenvalue weighted by Gasteiger charge is -2.16. The molecular weight excluding hydrogens is 352 g/mol. The van der Waals surface area contributed by atoms with Crippen molar-refractivity contribution in [2.45, 2.75) is 43.4 Å². The Labute approximate surface area is 156 Å². The lowest BCUT2D eigenvalue weighted by molar-refractivity contribution is -0.115. The minimum atomic E-state index is -0.306. The Morgan fingerprint density at radius 1 is 1.35 bits per heavy atom. The predicted octanol–water partition coefficient (Wildman–Crippen LogP) is 3.12. The number of thioether (sulfide) groups is 1. The first-order valence-corrected chi connectivity index (χ1v) is 9.61. The smallest absolute Gasteiger partial charge is 0.255 e. The SMILES string of the molecule is CC[C@H](Sc1ccc(C(=O)N2CCCC2)cn1)C(=O)Nc1cc(C)on1. The van der Waals surface area contributed by atoms with Crippen molar-refractivity contribution < 1.29 is 14.1 Å². The molecule has 2 aromatic rings. The minimum Gasteiger partial charge on any atom is -0.360 e. The zero-order valence-electron chi connectivity index (χ0n) is 14.9. The van der Waals surface area contributed by atoms with Gasteiger partial charge in [0.15, 0.2) is 5.82 Å². The van der Waals surface area contributed by atoms with Crippen molar-refractivity contribution in [2.75, 3.05) is 18.4 Å². The molecule has 1 N–H and O–H groups in total. The molecule has 2 aromatic heterocycles. The minimum absolute atomic E-state index is 0.0257. The van der Waals surface area contributed by atoms with Gasteiger partial charge in [-0.2, -0.15) is 0 Å². The van der Waals surface area contributed by atoms with E-state index < -0.39 is 0 Å². The number of aryl methyl sites for hydroxylation is 1. The zero-order chi connectivity index (χ0) is 18.5. The van der Waals surface area contributed by atoms with Gasteiger partial charge in [0.2, 0.25) is 5.91 Å². The molecule has 0 aromatic carbocycles. The van der Waals surface area contributed by atoms with Gasteiger partial charge in [-0.1, -0.05) is 23.8 Å². The quantitative estimate of drug-likeness (QED) is 0.782. The first-order chi connectivity index (χ1) is 12.6. The third-order valence-corrected chi connectivity index (χ3v) is 5.50. The fraction of sp³-hybridized carbons (Fsp3) is 0.444. The molecule has 7 nitrogen and oxygen atoms in total. The average Bonchev–Trinajstić information content (AvgIpc) is 3.31. The molecule has 0 spiro atoms. The monoisotopic (exact) mass is 374 g/mol. The van der Waals surface area contributed by atoms with E-state index in [0.29, 0.717) is 28.6 Å². The Hall–Kier alpha value is -2.35. The zero-order valence-corrected chi connectivity index (χ0v) is 15.7. The molecule has 26 heavy (non-hydrogen) atoms. The summed E-state index contributed by atoms with van der Waals surface area (Å²) in [6.45, 7) is 5.34. The maximum absolute atomic E-state index is 12.4. The number of rotatable bonds is 6. The van der Waals surface area contributed by atoms with Crippen LogP contribution in [0.4, 0.5) is 5.82 Å². The van der Waals surface area contributed by atoms with Crippen molar-refractivity contribution in [1.82, 2.24) is 15.0 Å². The first kappa shape index (κ1) is 18.4. The van der Waals surface area contributed by atoms with Gasteiger partial charge in [0.05, 0.1) is 15.8 Å². The highest BCUT2D eigenvalue weighted by Gasteiger charge is 2.22. The number of carbonyl (C=O) groups excluding carboxylic acids is 2. The fourth-order valence-electron chi connectivity index (χ4n) is 2.78. The normalized spacial score (nSPS) is 15.1.